The van der Waals surface area contributed by atoms with Crippen molar-refractivity contribution < 1.29 is 9.50 Å². The fraction of sp³-hybridized carbons (Fsp3) is 0. The average molecular weight is 307 g/mol. The highest BCUT2D eigenvalue weighted by atomic mass is 79.9. The first-order valence-corrected chi connectivity index (χ1v) is 6.07. The molecule has 2 heterocycles. The summed E-state index contributed by atoms with van der Waals surface area (Å²) >= 11 is 3.31. The molecule has 0 radical (unpaired) electrons. The third kappa shape index (κ3) is 1.67. The Morgan fingerprint density at radius 1 is 1.22 bits per heavy atom. The van der Waals surface area contributed by atoms with Crippen LogP contribution in [0.3, 0.4) is 0 Å². The lowest BCUT2D eigenvalue weighted by Gasteiger charge is -2.02. The largest absolute Gasteiger partial charge is 0.508 e. The van der Waals surface area contributed by atoms with Crippen molar-refractivity contribution in [3.8, 4) is 17.1 Å². The molecule has 1 aromatic carbocycles. The van der Waals surface area contributed by atoms with Crippen LogP contribution in [0.25, 0.3) is 16.9 Å². The molecule has 0 aliphatic heterocycles. The topological polar surface area (TPSA) is 37.5 Å². The van der Waals surface area contributed by atoms with Gasteiger partial charge in [-0.1, -0.05) is 12.1 Å². The lowest BCUT2D eigenvalue weighted by Crippen LogP contribution is -1.91. The monoisotopic (exact) mass is 306 g/mol. The number of nitrogens with zero attached hydrogens (tertiary/aromatic N) is 2. The van der Waals surface area contributed by atoms with Crippen LogP contribution in [0.1, 0.15) is 0 Å². The zero-order valence-electron chi connectivity index (χ0n) is 9.14. The molecule has 5 heteroatoms. The summed E-state index contributed by atoms with van der Waals surface area (Å²) < 4.78 is 16.1. The van der Waals surface area contributed by atoms with Crippen LogP contribution in [0.4, 0.5) is 4.39 Å². The van der Waals surface area contributed by atoms with E-state index in [0.717, 1.165) is 0 Å². The van der Waals surface area contributed by atoms with Crippen molar-refractivity contribution in [2.45, 2.75) is 0 Å². The first-order chi connectivity index (χ1) is 8.66. The van der Waals surface area contributed by atoms with Gasteiger partial charge in [0, 0.05) is 12.3 Å². The molecule has 0 atom stereocenters. The molecule has 3 rings (SSSR count). The van der Waals surface area contributed by atoms with E-state index in [1.54, 1.807) is 34.9 Å². The molecule has 0 unspecified atom stereocenters. The summed E-state index contributed by atoms with van der Waals surface area (Å²) in [7, 11) is 0. The standard InChI is InChI=1S/C13H8BrFN2O/c14-12-11-7-8(18)5-6-17(11)13(16-12)9-3-1-2-4-10(9)15/h1-7,18H. The molecular weight excluding hydrogens is 299 g/mol. The van der Waals surface area contributed by atoms with Gasteiger partial charge in [0.25, 0.3) is 0 Å². The maximum atomic E-state index is 13.8. The Kier molecular flexibility index (Phi) is 2.56. The predicted octanol–water partition coefficient (Wildman–Crippen LogP) is 3.61. The summed E-state index contributed by atoms with van der Waals surface area (Å²) in [6.45, 7) is 0. The SMILES string of the molecule is Oc1ccn2c(-c3ccccc3F)nc(Br)c2c1. The molecule has 18 heavy (non-hydrogen) atoms. The molecule has 0 spiro atoms. The molecule has 3 nitrogen and oxygen atoms in total. The minimum Gasteiger partial charge on any atom is -0.508 e. The second-order valence-corrected chi connectivity index (χ2v) is 4.60. The van der Waals surface area contributed by atoms with Crippen LogP contribution in [0.15, 0.2) is 47.2 Å². The highest BCUT2D eigenvalue weighted by molar-refractivity contribution is 9.10. The molecule has 2 aromatic heterocycles. The molecule has 0 saturated carbocycles. The fourth-order valence-corrected chi connectivity index (χ4v) is 2.34. The lowest BCUT2D eigenvalue weighted by atomic mass is 10.2. The summed E-state index contributed by atoms with van der Waals surface area (Å²) in [5.74, 6) is 0.308. The number of halogens is 2. The number of fused-ring (bicyclic) bond motifs is 1. The number of pyridine rings is 1. The van der Waals surface area contributed by atoms with Crippen molar-refractivity contribution in [2.24, 2.45) is 0 Å². The minimum atomic E-state index is -0.329. The lowest BCUT2D eigenvalue weighted by molar-refractivity contribution is 0.475. The van der Waals surface area contributed by atoms with Crippen LogP contribution in [0, 0.1) is 5.82 Å². The maximum Gasteiger partial charge on any atom is 0.148 e. The Labute approximate surface area is 111 Å². The zero-order valence-corrected chi connectivity index (χ0v) is 10.7. The minimum absolute atomic E-state index is 0.142. The van der Waals surface area contributed by atoms with Crippen molar-refractivity contribution in [1.82, 2.24) is 9.38 Å². The van der Waals surface area contributed by atoms with Gasteiger partial charge in [-0.05, 0) is 34.1 Å². The zero-order chi connectivity index (χ0) is 12.7. The molecule has 0 fully saturated rings. The maximum absolute atomic E-state index is 13.8. The summed E-state index contributed by atoms with van der Waals surface area (Å²) in [6.07, 6.45) is 1.66. The predicted molar refractivity (Wildman–Crippen MR) is 70.0 cm³/mol. The Balaban J connectivity index is 2.34. The number of hydrogen-bond donors (Lipinski definition) is 1. The van der Waals surface area contributed by atoms with Gasteiger partial charge in [-0.2, -0.15) is 0 Å². The summed E-state index contributed by atoms with van der Waals surface area (Å²) in [4.78, 5) is 4.29. The van der Waals surface area contributed by atoms with E-state index in [1.165, 1.54) is 12.1 Å². The third-order valence-corrected chi connectivity index (χ3v) is 3.28. The number of aromatic nitrogens is 2. The smallest absolute Gasteiger partial charge is 0.148 e. The van der Waals surface area contributed by atoms with Gasteiger partial charge in [0.2, 0.25) is 0 Å². The van der Waals surface area contributed by atoms with E-state index >= 15 is 0 Å². The number of imidazole rings is 1. The van der Waals surface area contributed by atoms with Crippen molar-refractivity contribution in [1.29, 1.82) is 0 Å². The van der Waals surface area contributed by atoms with Gasteiger partial charge >= 0.3 is 0 Å². The van der Waals surface area contributed by atoms with Crippen LogP contribution < -0.4 is 0 Å². The van der Waals surface area contributed by atoms with E-state index in [1.807, 2.05) is 0 Å². The van der Waals surface area contributed by atoms with E-state index < -0.39 is 0 Å². The molecule has 0 saturated heterocycles. The van der Waals surface area contributed by atoms with Gasteiger partial charge in [0.15, 0.2) is 0 Å². The molecule has 1 N–H and O–H groups in total. The molecule has 3 aromatic rings. The highest BCUT2D eigenvalue weighted by Crippen LogP contribution is 2.29. The van der Waals surface area contributed by atoms with E-state index in [0.29, 0.717) is 21.5 Å². The fourth-order valence-electron chi connectivity index (χ4n) is 1.87. The molecule has 90 valence electrons. The van der Waals surface area contributed by atoms with E-state index in [9.17, 15) is 9.50 Å². The molecule has 0 amide bonds. The number of aromatic hydroxyl groups is 1. The van der Waals surface area contributed by atoms with Gasteiger partial charge in [0.1, 0.15) is 22.0 Å². The van der Waals surface area contributed by atoms with Gasteiger partial charge in [0.05, 0.1) is 11.1 Å². The van der Waals surface area contributed by atoms with Crippen LogP contribution in [-0.2, 0) is 0 Å². The van der Waals surface area contributed by atoms with Crippen molar-refractivity contribution in [3.63, 3.8) is 0 Å². The second-order valence-electron chi connectivity index (χ2n) is 3.85. The Morgan fingerprint density at radius 3 is 2.78 bits per heavy atom. The van der Waals surface area contributed by atoms with Gasteiger partial charge in [-0.25, -0.2) is 9.37 Å². The molecular formula is C13H8BrFN2O. The van der Waals surface area contributed by atoms with E-state index in [2.05, 4.69) is 20.9 Å². The first kappa shape index (κ1) is 11.2. The van der Waals surface area contributed by atoms with E-state index in [-0.39, 0.29) is 11.6 Å². The quantitative estimate of drug-likeness (QED) is 0.746. The van der Waals surface area contributed by atoms with Crippen LogP contribution in [-0.4, -0.2) is 14.5 Å². The van der Waals surface area contributed by atoms with Crippen LogP contribution in [0.2, 0.25) is 0 Å². The molecule has 0 bridgehead atoms. The summed E-state index contributed by atoms with van der Waals surface area (Å²) in [5, 5.41) is 9.45. The Bertz CT molecular complexity index is 739. The van der Waals surface area contributed by atoms with E-state index in [4.69, 9.17) is 0 Å². The number of hydrogen-bond acceptors (Lipinski definition) is 2. The van der Waals surface area contributed by atoms with Crippen LogP contribution in [0.5, 0.6) is 5.75 Å². The number of benzene rings is 1. The second kappa shape index (κ2) is 4.10. The third-order valence-electron chi connectivity index (χ3n) is 2.70. The summed E-state index contributed by atoms with van der Waals surface area (Å²) in [6, 6.07) is 9.56. The molecule has 0 aliphatic carbocycles. The van der Waals surface area contributed by atoms with Gasteiger partial charge < -0.3 is 5.11 Å². The first-order valence-electron chi connectivity index (χ1n) is 5.28. The highest BCUT2D eigenvalue weighted by Gasteiger charge is 2.14. The Morgan fingerprint density at radius 2 is 2.00 bits per heavy atom. The number of rotatable bonds is 1. The van der Waals surface area contributed by atoms with Crippen molar-refractivity contribution in [2.75, 3.05) is 0 Å². The Hall–Kier alpha value is -1.88. The normalized spacial score (nSPS) is 11.0. The van der Waals surface area contributed by atoms with Gasteiger partial charge in [-0.15, -0.1) is 0 Å². The van der Waals surface area contributed by atoms with Crippen LogP contribution >= 0.6 is 15.9 Å². The summed E-state index contributed by atoms with van der Waals surface area (Å²) in [5.41, 5.74) is 1.11. The van der Waals surface area contributed by atoms with Crippen molar-refractivity contribution in [3.05, 3.63) is 53.0 Å². The average Bonchev–Trinajstić information content (AvgIpc) is 2.67. The van der Waals surface area contributed by atoms with Gasteiger partial charge in [-0.3, -0.25) is 4.40 Å². The van der Waals surface area contributed by atoms with Crippen molar-refractivity contribution >= 4 is 21.4 Å². The molecule has 0 aliphatic rings.